The third-order valence-corrected chi connectivity index (χ3v) is 5.69. The fourth-order valence-corrected chi connectivity index (χ4v) is 3.95. The number of hydrazone groups is 1. The van der Waals surface area contributed by atoms with Gasteiger partial charge in [-0.3, -0.25) is 18.5 Å². The summed E-state index contributed by atoms with van der Waals surface area (Å²) in [6.45, 7) is 3.36. The minimum Gasteiger partial charge on any atom is -0.297 e. The Kier molecular flexibility index (Phi) is 5.57. The van der Waals surface area contributed by atoms with Crippen molar-refractivity contribution in [3.05, 3.63) is 56.7 Å². The molecule has 0 amide bonds. The van der Waals surface area contributed by atoms with Crippen molar-refractivity contribution in [3.63, 3.8) is 0 Å². The highest BCUT2D eigenvalue weighted by Gasteiger charge is 2.27. The molecule has 0 saturated heterocycles. The lowest BCUT2D eigenvalue weighted by molar-refractivity contribution is 0.609. The monoisotopic (exact) mass is 408 g/mol. The first-order valence-electron chi connectivity index (χ1n) is 10.6. The molecule has 0 N–H and O–H groups in total. The van der Waals surface area contributed by atoms with Gasteiger partial charge < -0.3 is 0 Å². The number of hydrogen-bond donors (Lipinski definition) is 0. The molecule has 30 heavy (non-hydrogen) atoms. The summed E-state index contributed by atoms with van der Waals surface area (Å²) < 4.78 is 4.47. The maximum Gasteiger partial charge on any atom is 0.332 e. The molecule has 0 saturated carbocycles. The number of imidazole rings is 1. The van der Waals surface area contributed by atoms with E-state index in [9.17, 15) is 9.59 Å². The lowest BCUT2D eigenvalue weighted by atomic mass is 10.1. The summed E-state index contributed by atoms with van der Waals surface area (Å²) in [5, 5.41) is 6.77. The number of unbranched alkanes of at least 4 members (excludes halogenated alkanes) is 4. The molecule has 158 valence electrons. The molecule has 0 unspecified atom stereocenters. The van der Waals surface area contributed by atoms with Crippen molar-refractivity contribution in [1.29, 1.82) is 0 Å². The molecular formula is C22H28N6O2. The first-order chi connectivity index (χ1) is 14.5. The molecule has 1 aliphatic rings. The van der Waals surface area contributed by atoms with Crippen LogP contribution in [-0.2, 0) is 20.6 Å². The van der Waals surface area contributed by atoms with Gasteiger partial charge in [0.2, 0.25) is 5.95 Å². The van der Waals surface area contributed by atoms with Crippen molar-refractivity contribution in [1.82, 2.24) is 18.7 Å². The van der Waals surface area contributed by atoms with Gasteiger partial charge in [0.15, 0.2) is 11.2 Å². The second kappa shape index (κ2) is 8.30. The molecule has 2 aromatic heterocycles. The van der Waals surface area contributed by atoms with Crippen LogP contribution in [0.2, 0.25) is 0 Å². The van der Waals surface area contributed by atoms with Gasteiger partial charge in [-0.2, -0.15) is 10.1 Å². The number of benzene rings is 1. The normalized spacial score (nSPS) is 13.6. The number of anilines is 1. The van der Waals surface area contributed by atoms with Crippen LogP contribution in [0.1, 0.15) is 44.6 Å². The van der Waals surface area contributed by atoms with Gasteiger partial charge in [0.1, 0.15) is 0 Å². The minimum atomic E-state index is -0.377. The molecule has 8 nitrogen and oxygen atoms in total. The largest absolute Gasteiger partial charge is 0.332 e. The highest BCUT2D eigenvalue weighted by Crippen LogP contribution is 2.25. The van der Waals surface area contributed by atoms with Crippen LogP contribution in [0, 0.1) is 0 Å². The number of rotatable bonds is 7. The maximum absolute atomic E-state index is 12.9. The Hall–Kier alpha value is -3.16. The summed E-state index contributed by atoms with van der Waals surface area (Å²) in [5.41, 5.74) is 2.03. The number of aromatic nitrogens is 4. The lowest BCUT2D eigenvalue weighted by Gasteiger charge is -2.26. The first kappa shape index (κ1) is 20.1. The van der Waals surface area contributed by atoms with E-state index in [1.807, 2.05) is 39.9 Å². The Bertz CT molecular complexity index is 1200. The lowest BCUT2D eigenvalue weighted by Crippen LogP contribution is -2.38. The van der Waals surface area contributed by atoms with Crippen molar-refractivity contribution in [2.24, 2.45) is 19.2 Å². The number of aryl methyl sites for hydroxylation is 1. The van der Waals surface area contributed by atoms with Gasteiger partial charge in [-0.15, -0.1) is 0 Å². The third kappa shape index (κ3) is 3.46. The summed E-state index contributed by atoms with van der Waals surface area (Å²) in [5.74, 6) is 0.624. The van der Waals surface area contributed by atoms with Crippen molar-refractivity contribution in [2.45, 2.75) is 45.6 Å². The minimum absolute atomic E-state index is 0.330. The van der Waals surface area contributed by atoms with E-state index in [2.05, 4.69) is 11.9 Å². The Morgan fingerprint density at radius 2 is 1.70 bits per heavy atom. The van der Waals surface area contributed by atoms with Crippen LogP contribution in [0.5, 0.6) is 0 Å². The summed E-state index contributed by atoms with van der Waals surface area (Å²) in [6.07, 6.45) is 5.75. The molecule has 8 heteroatoms. The Morgan fingerprint density at radius 1 is 0.967 bits per heavy atom. The van der Waals surface area contributed by atoms with E-state index in [1.54, 1.807) is 7.05 Å². The SMILES string of the molecule is CCCCCCCN1N=C(c2ccccc2)Cn2c1nc1c2c(=O)n(C)c(=O)n1C. The molecule has 3 heterocycles. The van der Waals surface area contributed by atoms with E-state index in [4.69, 9.17) is 5.10 Å². The molecule has 0 bridgehead atoms. The second-order valence-corrected chi connectivity index (χ2v) is 7.83. The van der Waals surface area contributed by atoms with Crippen LogP contribution in [0.3, 0.4) is 0 Å². The van der Waals surface area contributed by atoms with Gasteiger partial charge in [-0.25, -0.2) is 9.80 Å². The van der Waals surface area contributed by atoms with Gasteiger partial charge in [0, 0.05) is 20.6 Å². The zero-order chi connectivity index (χ0) is 21.3. The van der Waals surface area contributed by atoms with Crippen LogP contribution < -0.4 is 16.3 Å². The molecular weight excluding hydrogens is 380 g/mol. The quantitative estimate of drug-likeness (QED) is 0.563. The fraction of sp³-hybridized carbons (Fsp3) is 0.455. The van der Waals surface area contributed by atoms with Gasteiger partial charge in [0.05, 0.1) is 12.3 Å². The highest BCUT2D eigenvalue weighted by molar-refractivity contribution is 6.02. The van der Waals surface area contributed by atoms with E-state index < -0.39 is 0 Å². The Morgan fingerprint density at radius 3 is 2.43 bits per heavy atom. The summed E-state index contributed by atoms with van der Waals surface area (Å²) in [6, 6.07) is 9.99. The third-order valence-electron chi connectivity index (χ3n) is 5.69. The standard InChI is InChI=1S/C22H28N6O2/c1-4-5-6-7-11-14-28-21-23-19-18(20(29)26(3)22(30)25(19)2)27(21)15-17(24-28)16-12-9-8-10-13-16/h8-10,12-13H,4-7,11,14-15H2,1-3H3. The number of fused-ring (bicyclic) bond motifs is 3. The molecule has 0 atom stereocenters. The molecule has 1 aromatic carbocycles. The van der Waals surface area contributed by atoms with Crippen molar-refractivity contribution < 1.29 is 0 Å². The van der Waals surface area contributed by atoms with E-state index in [0.717, 1.165) is 35.2 Å². The van der Waals surface area contributed by atoms with Crippen LogP contribution >= 0.6 is 0 Å². The van der Waals surface area contributed by atoms with Crippen LogP contribution in [0.4, 0.5) is 5.95 Å². The summed E-state index contributed by atoms with van der Waals surface area (Å²) in [4.78, 5) is 30.0. The molecule has 1 aliphatic heterocycles. The second-order valence-electron chi connectivity index (χ2n) is 7.83. The number of nitrogens with zero attached hydrogens (tertiary/aromatic N) is 6. The fourth-order valence-electron chi connectivity index (χ4n) is 3.95. The van der Waals surface area contributed by atoms with Crippen molar-refractivity contribution in [3.8, 4) is 0 Å². The molecule has 0 spiro atoms. The average Bonchev–Trinajstić information content (AvgIpc) is 3.16. The van der Waals surface area contributed by atoms with Crippen molar-refractivity contribution >= 4 is 22.8 Å². The number of hydrogen-bond acceptors (Lipinski definition) is 5. The van der Waals surface area contributed by atoms with Crippen LogP contribution in [0.25, 0.3) is 11.2 Å². The van der Waals surface area contributed by atoms with E-state index in [-0.39, 0.29) is 11.2 Å². The Labute approximate surface area is 175 Å². The van der Waals surface area contributed by atoms with E-state index >= 15 is 0 Å². The molecule has 0 aliphatic carbocycles. The summed E-state index contributed by atoms with van der Waals surface area (Å²) in [7, 11) is 3.15. The van der Waals surface area contributed by atoms with Gasteiger partial charge in [-0.05, 0) is 12.0 Å². The topological polar surface area (TPSA) is 77.4 Å². The zero-order valence-corrected chi connectivity index (χ0v) is 17.8. The average molecular weight is 409 g/mol. The molecule has 3 aromatic rings. The van der Waals surface area contributed by atoms with Gasteiger partial charge in [-0.1, -0.05) is 62.9 Å². The molecule has 4 rings (SSSR count). The van der Waals surface area contributed by atoms with E-state index in [1.165, 1.54) is 30.9 Å². The van der Waals surface area contributed by atoms with Crippen LogP contribution in [-0.4, -0.2) is 30.9 Å². The predicted molar refractivity (Wildman–Crippen MR) is 119 cm³/mol. The van der Waals surface area contributed by atoms with Crippen molar-refractivity contribution in [2.75, 3.05) is 11.6 Å². The van der Waals surface area contributed by atoms with Gasteiger partial charge >= 0.3 is 5.69 Å². The van der Waals surface area contributed by atoms with E-state index in [0.29, 0.717) is 23.7 Å². The van der Waals surface area contributed by atoms with Gasteiger partial charge in [0.25, 0.3) is 5.56 Å². The molecule has 0 radical (unpaired) electrons. The first-order valence-corrected chi connectivity index (χ1v) is 10.6. The van der Waals surface area contributed by atoms with Crippen LogP contribution in [0.15, 0.2) is 45.0 Å². The summed E-state index contributed by atoms with van der Waals surface area (Å²) >= 11 is 0. The Balaban J connectivity index is 1.80. The smallest absolute Gasteiger partial charge is 0.297 e. The molecule has 0 fully saturated rings. The maximum atomic E-state index is 12.9. The zero-order valence-electron chi connectivity index (χ0n) is 17.8. The highest BCUT2D eigenvalue weighted by atomic mass is 16.2. The predicted octanol–water partition coefficient (Wildman–Crippen LogP) is 2.63.